The fraction of sp³-hybridized carbons (Fsp3) is 0.700. The molecule has 0 fully saturated rings. The summed E-state index contributed by atoms with van der Waals surface area (Å²) in [4.78, 5) is 46.1. The van der Waals surface area contributed by atoms with Gasteiger partial charge in [-0.3, -0.25) is 23.4 Å². The van der Waals surface area contributed by atoms with Crippen molar-refractivity contribution >= 4 is 25.7 Å². The molecule has 0 aromatic carbocycles. The van der Waals surface area contributed by atoms with Crippen molar-refractivity contribution in [2.45, 2.75) is 206 Å². The highest BCUT2D eigenvalue weighted by molar-refractivity contribution is 7.47. The van der Waals surface area contributed by atoms with Crippen molar-refractivity contribution in [3.63, 3.8) is 0 Å². The number of carboxylic acids is 1. The Labute approximate surface area is 376 Å². The fourth-order valence-corrected chi connectivity index (χ4v) is 6.99. The zero-order valence-electron chi connectivity index (χ0n) is 38.7. The molecule has 0 spiro atoms. The lowest BCUT2D eigenvalue weighted by Crippen LogP contribution is -2.34. The van der Waals surface area contributed by atoms with Gasteiger partial charge in [0.15, 0.2) is 6.10 Å². The number of carboxylic acid groups (broad SMARTS) is 1. The van der Waals surface area contributed by atoms with E-state index in [2.05, 4.69) is 79.1 Å². The quantitative estimate of drug-likeness (QED) is 0.0230. The molecule has 356 valence electrons. The lowest BCUT2D eigenvalue weighted by atomic mass is 10.0. The maximum Gasteiger partial charge on any atom is 0.472 e. The van der Waals surface area contributed by atoms with E-state index in [1.807, 2.05) is 12.2 Å². The number of hydrogen-bond donors (Lipinski definition) is 3. The predicted molar refractivity (Wildman–Crippen MR) is 254 cm³/mol. The minimum Gasteiger partial charge on any atom is -0.480 e. The van der Waals surface area contributed by atoms with E-state index in [1.165, 1.54) is 96.3 Å². The Morgan fingerprint density at radius 3 is 1.42 bits per heavy atom. The molecule has 0 aliphatic heterocycles. The van der Waals surface area contributed by atoms with Crippen molar-refractivity contribution in [3.05, 3.63) is 72.9 Å². The number of esters is 2. The average molecular weight is 892 g/mol. The Morgan fingerprint density at radius 2 is 0.919 bits per heavy atom. The summed E-state index contributed by atoms with van der Waals surface area (Å²) in [6.07, 6.45) is 54.0. The molecule has 0 bridgehead atoms. The minimum atomic E-state index is -4.74. The van der Waals surface area contributed by atoms with Crippen LogP contribution in [0.15, 0.2) is 72.9 Å². The molecular formula is C50H86NO10P. The van der Waals surface area contributed by atoms with Crippen LogP contribution in [0.2, 0.25) is 0 Å². The van der Waals surface area contributed by atoms with E-state index in [4.69, 9.17) is 24.8 Å². The van der Waals surface area contributed by atoms with Gasteiger partial charge in [-0.05, 0) is 77.0 Å². The van der Waals surface area contributed by atoms with Crippen LogP contribution >= 0.6 is 7.82 Å². The number of carbonyl (C=O) groups is 3. The van der Waals surface area contributed by atoms with Gasteiger partial charge in [-0.2, -0.15) is 0 Å². The van der Waals surface area contributed by atoms with Crippen molar-refractivity contribution in [1.82, 2.24) is 0 Å². The predicted octanol–water partition coefficient (Wildman–Crippen LogP) is 13.3. The molecule has 11 nitrogen and oxygen atoms in total. The topological polar surface area (TPSA) is 172 Å². The third-order valence-corrected chi connectivity index (χ3v) is 10.9. The van der Waals surface area contributed by atoms with Gasteiger partial charge >= 0.3 is 25.7 Å². The molecule has 1 unspecified atom stereocenters. The first-order valence-electron chi connectivity index (χ1n) is 24.0. The van der Waals surface area contributed by atoms with Gasteiger partial charge in [-0.15, -0.1) is 0 Å². The second-order valence-electron chi connectivity index (χ2n) is 15.9. The number of carbonyl (C=O) groups excluding carboxylic acids is 2. The zero-order valence-corrected chi connectivity index (χ0v) is 39.6. The smallest absolute Gasteiger partial charge is 0.472 e. The molecule has 0 saturated heterocycles. The largest absolute Gasteiger partial charge is 0.480 e. The number of phosphoric ester groups is 1. The maximum atomic E-state index is 12.6. The zero-order chi connectivity index (χ0) is 45.6. The molecule has 0 saturated carbocycles. The Hall–Kier alpha value is -3.08. The van der Waals surface area contributed by atoms with E-state index in [0.29, 0.717) is 19.3 Å². The molecule has 12 heteroatoms. The number of rotatable bonds is 44. The number of ether oxygens (including phenoxy) is 2. The Kier molecular flexibility index (Phi) is 42.3. The summed E-state index contributed by atoms with van der Waals surface area (Å²) in [6, 6.07) is -1.53. The highest BCUT2D eigenvalue weighted by Gasteiger charge is 2.28. The van der Waals surface area contributed by atoms with Gasteiger partial charge in [0.1, 0.15) is 12.6 Å². The number of nitrogens with two attached hydrogens (primary N) is 1. The van der Waals surface area contributed by atoms with Gasteiger partial charge in [-0.25, -0.2) is 4.57 Å². The Bertz CT molecular complexity index is 1320. The lowest BCUT2D eigenvalue weighted by molar-refractivity contribution is -0.161. The maximum absolute atomic E-state index is 12.6. The number of allylic oxidation sites excluding steroid dienone is 12. The number of aliphatic carboxylic acids is 1. The summed E-state index contributed by atoms with van der Waals surface area (Å²) in [6.45, 7) is 2.64. The van der Waals surface area contributed by atoms with E-state index < -0.39 is 51.1 Å². The Morgan fingerprint density at radius 1 is 0.516 bits per heavy atom. The van der Waals surface area contributed by atoms with E-state index in [-0.39, 0.29) is 19.4 Å². The fourth-order valence-electron chi connectivity index (χ4n) is 6.21. The van der Waals surface area contributed by atoms with Gasteiger partial charge in [0.05, 0.1) is 13.2 Å². The molecule has 0 aliphatic rings. The molecule has 0 rings (SSSR count). The van der Waals surface area contributed by atoms with Crippen LogP contribution < -0.4 is 5.73 Å². The summed E-state index contributed by atoms with van der Waals surface area (Å²) < 4.78 is 32.7. The van der Waals surface area contributed by atoms with Crippen LogP contribution in [-0.2, 0) is 37.5 Å². The molecular weight excluding hydrogens is 806 g/mol. The van der Waals surface area contributed by atoms with E-state index in [0.717, 1.165) is 51.4 Å². The van der Waals surface area contributed by atoms with E-state index in [9.17, 15) is 23.8 Å². The molecule has 62 heavy (non-hydrogen) atoms. The van der Waals surface area contributed by atoms with Gasteiger partial charge in [0, 0.05) is 12.8 Å². The molecule has 4 N–H and O–H groups in total. The standard InChI is InChI=1S/C50H86NO10P/c1-3-5-7-9-11-13-15-17-19-21-22-23-24-26-27-29-31-33-35-37-39-41-48(52)58-43-46(44-59-62(56,57)60-45-47(51)50(54)55)61-49(53)42-40-38-36-34-32-30-28-25-20-18-16-14-12-10-8-6-4-2/h6,8,12,14,17-20,28,30,34,36,46-47H,3-5,7,9-11,13,15-16,21-27,29,31-33,35,37-45,51H2,1-2H3,(H,54,55)(H,56,57)/b8-6-,14-12-,19-17-,20-18-,30-28-,36-34-/t46-,47+/m1/s1. The van der Waals surface area contributed by atoms with Crippen LogP contribution in [0.25, 0.3) is 0 Å². The van der Waals surface area contributed by atoms with Gasteiger partial charge in [-0.1, -0.05) is 177 Å². The normalized spacial score (nSPS) is 14.3. The van der Waals surface area contributed by atoms with Crippen molar-refractivity contribution in [2.75, 3.05) is 19.8 Å². The molecule has 0 aromatic heterocycles. The molecule has 0 amide bonds. The number of unbranched alkanes of at least 4 members (excludes halogenated alkanes) is 18. The average Bonchev–Trinajstić information content (AvgIpc) is 3.25. The Balaban J connectivity index is 4.36. The molecule has 0 radical (unpaired) electrons. The first-order valence-corrected chi connectivity index (χ1v) is 25.5. The van der Waals surface area contributed by atoms with Gasteiger partial charge in [0.25, 0.3) is 0 Å². The van der Waals surface area contributed by atoms with Crippen LogP contribution in [0.1, 0.15) is 194 Å². The molecule has 3 atom stereocenters. The second kappa shape index (κ2) is 44.5. The summed E-state index contributed by atoms with van der Waals surface area (Å²) in [5, 5.41) is 8.91. The SMILES string of the molecule is CC/C=C\C/C=C\C/C=C\C/C=C\C/C=C\CCCC(=O)O[C@H](COC(=O)CCCCCCCCCCCCC/C=C\CCCCCCCC)COP(=O)(O)OC[C@H](N)C(=O)O. The summed E-state index contributed by atoms with van der Waals surface area (Å²) in [5.41, 5.74) is 5.34. The second-order valence-corrected chi connectivity index (χ2v) is 17.3. The summed E-state index contributed by atoms with van der Waals surface area (Å²) in [7, 11) is -4.74. The lowest BCUT2D eigenvalue weighted by Gasteiger charge is -2.20. The monoisotopic (exact) mass is 892 g/mol. The van der Waals surface area contributed by atoms with Crippen LogP contribution in [0.5, 0.6) is 0 Å². The van der Waals surface area contributed by atoms with E-state index in [1.54, 1.807) is 0 Å². The molecule has 0 aliphatic carbocycles. The highest BCUT2D eigenvalue weighted by Crippen LogP contribution is 2.43. The van der Waals surface area contributed by atoms with Crippen molar-refractivity contribution in [1.29, 1.82) is 0 Å². The van der Waals surface area contributed by atoms with Crippen molar-refractivity contribution < 1.29 is 47.5 Å². The number of hydrogen-bond acceptors (Lipinski definition) is 9. The van der Waals surface area contributed by atoms with Crippen molar-refractivity contribution in [3.8, 4) is 0 Å². The van der Waals surface area contributed by atoms with Crippen LogP contribution in [-0.4, -0.2) is 59.9 Å². The summed E-state index contributed by atoms with van der Waals surface area (Å²) >= 11 is 0. The number of phosphoric acid groups is 1. The first kappa shape index (κ1) is 58.9. The van der Waals surface area contributed by atoms with E-state index >= 15 is 0 Å². The van der Waals surface area contributed by atoms with Gasteiger partial charge < -0.3 is 25.2 Å². The third kappa shape index (κ3) is 43.6. The molecule has 0 heterocycles. The van der Waals surface area contributed by atoms with Crippen LogP contribution in [0, 0.1) is 0 Å². The van der Waals surface area contributed by atoms with Crippen LogP contribution in [0.4, 0.5) is 0 Å². The van der Waals surface area contributed by atoms with Crippen LogP contribution in [0.3, 0.4) is 0 Å². The van der Waals surface area contributed by atoms with Crippen molar-refractivity contribution in [2.24, 2.45) is 5.73 Å². The first-order chi connectivity index (χ1) is 30.1. The van der Waals surface area contributed by atoms with Gasteiger partial charge in [0.2, 0.25) is 0 Å². The minimum absolute atomic E-state index is 0.0801. The molecule has 0 aromatic rings. The highest BCUT2D eigenvalue weighted by atomic mass is 31.2. The third-order valence-electron chi connectivity index (χ3n) is 9.94. The summed E-state index contributed by atoms with van der Waals surface area (Å²) in [5.74, 6) is -2.46.